The van der Waals surface area contributed by atoms with Gasteiger partial charge in [0.15, 0.2) is 0 Å². The normalized spacial score (nSPS) is 10.6. The van der Waals surface area contributed by atoms with E-state index in [0.29, 0.717) is 0 Å². The number of nitrogens with one attached hydrogen (secondary N) is 1. The quantitative estimate of drug-likeness (QED) is 0.749. The minimum Gasteiger partial charge on any atom is -0.393 e. The highest BCUT2D eigenvalue weighted by molar-refractivity contribution is 7.99. The lowest BCUT2D eigenvalue weighted by Gasteiger charge is -2.08. The molecule has 3 rings (SSSR count). The van der Waals surface area contributed by atoms with Crippen LogP contribution in [0.15, 0.2) is 81.3 Å². The van der Waals surface area contributed by atoms with Crippen molar-refractivity contribution in [1.29, 1.82) is 0 Å². The topological polar surface area (TPSA) is 58.9 Å². The predicted molar refractivity (Wildman–Crippen MR) is 95.9 cm³/mol. The Bertz CT molecular complexity index is 829. The maximum Gasteiger partial charge on any atom is 0.272 e. The van der Waals surface area contributed by atoms with E-state index in [0.717, 1.165) is 28.3 Å². The van der Waals surface area contributed by atoms with E-state index in [1.165, 1.54) is 17.3 Å². The number of H-pyrrole nitrogens is 1. The Balaban J connectivity index is 1.80. The van der Waals surface area contributed by atoms with E-state index in [9.17, 15) is 4.79 Å². The van der Waals surface area contributed by atoms with Gasteiger partial charge in [-0.15, -0.1) is 0 Å². The van der Waals surface area contributed by atoms with Crippen molar-refractivity contribution in [1.82, 2.24) is 4.98 Å². The van der Waals surface area contributed by atoms with Crippen LogP contribution in [0.25, 0.3) is 0 Å². The third kappa shape index (κ3) is 4.05. The zero-order chi connectivity index (χ0) is 16.1. The summed E-state index contributed by atoms with van der Waals surface area (Å²) in [5, 5.41) is 0. The van der Waals surface area contributed by atoms with Crippen LogP contribution in [0.1, 0.15) is 11.3 Å². The van der Waals surface area contributed by atoms with Crippen LogP contribution in [-0.4, -0.2) is 4.98 Å². The molecule has 0 bridgehead atoms. The minimum absolute atomic E-state index is 0.214. The molecule has 116 valence electrons. The second kappa shape index (κ2) is 7.20. The number of rotatable bonds is 5. The number of aromatic nitrogens is 1. The molecule has 3 nitrogen and oxygen atoms in total. The van der Waals surface area contributed by atoms with Crippen LogP contribution in [0.5, 0.6) is 0 Å². The molecule has 0 atom stereocenters. The summed E-state index contributed by atoms with van der Waals surface area (Å²) in [6.45, 7) is 0. The Hall–Kier alpha value is -2.46. The number of benzene rings is 2. The highest BCUT2D eigenvalue weighted by Crippen LogP contribution is 2.30. The van der Waals surface area contributed by atoms with Gasteiger partial charge in [0.2, 0.25) is 0 Å². The molecule has 0 saturated heterocycles. The minimum atomic E-state index is -0.214. The molecule has 0 fully saturated rings. The lowest BCUT2D eigenvalue weighted by atomic mass is 10.1. The van der Waals surface area contributed by atoms with Gasteiger partial charge in [-0.05, 0) is 36.6 Å². The van der Waals surface area contributed by atoms with Crippen molar-refractivity contribution < 1.29 is 0 Å². The first-order valence-corrected chi connectivity index (χ1v) is 8.32. The predicted octanol–water partition coefficient (Wildman–Crippen LogP) is 3.89. The van der Waals surface area contributed by atoms with Crippen molar-refractivity contribution in [2.24, 2.45) is 0 Å². The number of nitrogens with two attached hydrogens (primary N) is 1. The molecule has 0 unspecified atom stereocenters. The smallest absolute Gasteiger partial charge is 0.272 e. The summed E-state index contributed by atoms with van der Waals surface area (Å²) in [4.78, 5) is 16.8. The molecule has 0 saturated carbocycles. The molecular formula is C19H18N2OS. The number of anilines is 1. The van der Waals surface area contributed by atoms with Gasteiger partial charge >= 0.3 is 0 Å². The first kappa shape index (κ1) is 15.4. The van der Waals surface area contributed by atoms with Gasteiger partial charge in [-0.1, -0.05) is 60.3 Å². The average molecular weight is 322 g/mol. The van der Waals surface area contributed by atoms with Gasteiger partial charge in [0.1, 0.15) is 5.69 Å². The Labute approximate surface area is 139 Å². The van der Waals surface area contributed by atoms with Gasteiger partial charge in [-0.25, -0.2) is 0 Å². The summed E-state index contributed by atoms with van der Waals surface area (Å²) < 4.78 is 0. The number of hydrogen-bond acceptors (Lipinski definition) is 3. The maximum absolute atomic E-state index is 12.1. The van der Waals surface area contributed by atoms with E-state index in [1.807, 2.05) is 54.6 Å². The number of nitrogen functional groups attached to an aromatic ring is 1. The van der Waals surface area contributed by atoms with Crippen molar-refractivity contribution in [3.8, 4) is 0 Å². The van der Waals surface area contributed by atoms with Crippen molar-refractivity contribution in [3.05, 3.63) is 88.3 Å². The number of aryl methyl sites for hydroxylation is 2. The molecule has 0 aliphatic carbocycles. The van der Waals surface area contributed by atoms with Crippen LogP contribution in [0, 0.1) is 0 Å². The second-order valence-corrected chi connectivity index (χ2v) is 6.42. The zero-order valence-corrected chi connectivity index (χ0v) is 13.5. The number of pyridine rings is 1. The summed E-state index contributed by atoms with van der Waals surface area (Å²) in [7, 11) is 0. The summed E-state index contributed by atoms with van der Waals surface area (Å²) in [5.41, 5.74) is 8.17. The van der Waals surface area contributed by atoms with Crippen molar-refractivity contribution >= 4 is 17.4 Å². The molecular weight excluding hydrogens is 304 g/mol. The molecule has 1 heterocycles. The van der Waals surface area contributed by atoms with Gasteiger partial charge in [-0.2, -0.15) is 0 Å². The maximum atomic E-state index is 12.1. The fourth-order valence-corrected chi connectivity index (χ4v) is 3.31. The van der Waals surface area contributed by atoms with Gasteiger partial charge in [-0.3, -0.25) is 4.79 Å². The average Bonchev–Trinajstić information content (AvgIpc) is 2.59. The molecule has 4 heteroatoms. The first-order chi connectivity index (χ1) is 11.2. The SMILES string of the molecule is Nc1c(Sc2ccccc2)cc(CCc2ccccc2)[nH]c1=O. The van der Waals surface area contributed by atoms with Gasteiger partial charge < -0.3 is 10.7 Å². The van der Waals surface area contributed by atoms with E-state index in [2.05, 4.69) is 17.1 Å². The number of hydrogen-bond donors (Lipinski definition) is 2. The monoisotopic (exact) mass is 322 g/mol. The fourth-order valence-electron chi connectivity index (χ4n) is 2.36. The molecule has 0 spiro atoms. The van der Waals surface area contributed by atoms with Crippen LogP contribution in [0.3, 0.4) is 0 Å². The Morgan fingerprint density at radius 1 is 0.913 bits per heavy atom. The number of aromatic amines is 1. The Morgan fingerprint density at radius 3 is 2.26 bits per heavy atom. The molecule has 2 aromatic carbocycles. The summed E-state index contributed by atoms with van der Waals surface area (Å²) >= 11 is 1.52. The van der Waals surface area contributed by atoms with E-state index >= 15 is 0 Å². The molecule has 3 N–H and O–H groups in total. The van der Waals surface area contributed by atoms with Crippen LogP contribution in [-0.2, 0) is 12.8 Å². The van der Waals surface area contributed by atoms with E-state index in [-0.39, 0.29) is 11.2 Å². The highest BCUT2D eigenvalue weighted by atomic mass is 32.2. The molecule has 1 aromatic heterocycles. The molecule has 0 aliphatic rings. The lowest BCUT2D eigenvalue weighted by molar-refractivity contribution is 0.897. The second-order valence-electron chi connectivity index (χ2n) is 5.30. The van der Waals surface area contributed by atoms with Crippen LogP contribution >= 0.6 is 11.8 Å². The fraction of sp³-hybridized carbons (Fsp3) is 0.105. The van der Waals surface area contributed by atoms with E-state index in [4.69, 9.17) is 5.73 Å². The summed E-state index contributed by atoms with van der Waals surface area (Å²) in [6.07, 6.45) is 1.66. The van der Waals surface area contributed by atoms with Crippen molar-refractivity contribution in [3.63, 3.8) is 0 Å². The van der Waals surface area contributed by atoms with E-state index in [1.54, 1.807) is 0 Å². The van der Waals surface area contributed by atoms with Crippen LogP contribution < -0.4 is 11.3 Å². The van der Waals surface area contributed by atoms with E-state index < -0.39 is 0 Å². The lowest BCUT2D eigenvalue weighted by Crippen LogP contribution is -2.15. The largest absolute Gasteiger partial charge is 0.393 e. The third-order valence-corrected chi connectivity index (χ3v) is 4.65. The van der Waals surface area contributed by atoms with Gasteiger partial charge in [0.25, 0.3) is 5.56 Å². The molecule has 23 heavy (non-hydrogen) atoms. The highest BCUT2D eigenvalue weighted by Gasteiger charge is 2.08. The van der Waals surface area contributed by atoms with Crippen molar-refractivity contribution in [2.75, 3.05) is 5.73 Å². The van der Waals surface area contributed by atoms with Crippen LogP contribution in [0.2, 0.25) is 0 Å². The molecule has 0 amide bonds. The van der Waals surface area contributed by atoms with Gasteiger partial charge in [0, 0.05) is 15.5 Å². The van der Waals surface area contributed by atoms with Crippen molar-refractivity contribution in [2.45, 2.75) is 22.6 Å². The summed E-state index contributed by atoms with van der Waals surface area (Å²) in [6, 6.07) is 22.2. The third-order valence-electron chi connectivity index (χ3n) is 3.59. The summed E-state index contributed by atoms with van der Waals surface area (Å²) in [5.74, 6) is 0. The zero-order valence-electron chi connectivity index (χ0n) is 12.7. The Morgan fingerprint density at radius 2 is 1.57 bits per heavy atom. The van der Waals surface area contributed by atoms with Gasteiger partial charge in [0.05, 0.1) is 0 Å². The molecule has 3 aromatic rings. The standard InChI is InChI=1S/C19H18N2OS/c20-18-17(23-16-9-5-2-6-10-16)13-15(21-19(18)22)12-11-14-7-3-1-4-8-14/h1-10,13H,11-12,20H2,(H,21,22). The molecule has 0 aliphatic heterocycles. The Kier molecular flexibility index (Phi) is 4.83. The first-order valence-electron chi connectivity index (χ1n) is 7.51. The van der Waals surface area contributed by atoms with Crippen LogP contribution in [0.4, 0.5) is 5.69 Å². The molecule has 0 radical (unpaired) electrons.